The second-order valence-corrected chi connectivity index (χ2v) is 4.53. The van der Waals surface area contributed by atoms with E-state index < -0.39 is 6.10 Å². The van der Waals surface area contributed by atoms with Gasteiger partial charge in [0.2, 0.25) is 0 Å². The molecule has 1 fully saturated rings. The summed E-state index contributed by atoms with van der Waals surface area (Å²) in [5.41, 5.74) is 2.15. The molecule has 3 heteroatoms. The summed E-state index contributed by atoms with van der Waals surface area (Å²) < 4.78 is 10.9. The number of benzene rings is 1. The molecular formula is C14H20O3. The summed E-state index contributed by atoms with van der Waals surface area (Å²) in [6, 6.07) is 7.98. The maximum absolute atomic E-state index is 10.1. The maximum Gasteiger partial charge on any atom is 0.157 e. The fraction of sp³-hybridized carbons (Fsp3) is 0.571. The molecule has 94 valence electrons. The molecule has 1 atom stereocenters. The van der Waals surface area contributed by atoms with Crippen LogP contribution in [-0.4, -0.2) is 24.6 Å². The lowest BCUT2D eigenvalue weighted by atomic mass is 10.0. The zero-order valence-corrected chi connectivity index (χ0v) is 10.3. The molecule has 0 aromatic heterocycles. The van der Waals surface area contributed by atoms with Crippen molar-refractivity contribution in [3.05, 3.63) is 35.4 Å². The van der Waals surface area contributed by atoms with Gasteiger partial charge in [-0.1, -0.05) is 29.8 Å². The van der Waals surface area contributed by atoms with Crippen molar-refractivity contribution in [2.75, 3.05) is 13.2 Å². The van der Waals surface area contributed by atoms with E-state index in [1.54, 1.807) is 0 Å². The molecule has 17 heavy (non-hydrogen) atoms. The lowest BCUT2D eigenvalue weighted by molar-refractivity contribution is -0.183. The van der Waals surface area contributed by atoms with Gasteiger partial charge >= 0.3 is 0 Å². The van der Waals surface area contributed by atoms with Crippen LogP contribution in [0, 0.1) is 6.92 Å². The van der Waals surface area contributed by atoms with Gasteiger partial charge in [-0.3, -0.25) is 0 Å². The minimum Gasteiger partial charge on any atom is -0.388 e. The van der Waals surface area contributed by atoms with Gasteiger partial charge in [-0.15, -0.1) is 0 Å². The fourth-order valence-corrected chi connectivity index (χ4v) is 2.04. The molecule has 1 heterocycles. The molecule has 0 spiro atoms. The van der Waals surface area contributed by atoms with E-state index in [0.29, 0.717) is 6.42 Å². The highest BCUT2D eigenvalue weighted by molar-refractivity contribution is 5.23. The Bertz CT molecular complexity index is 345. The van der Waals surface area contributed by atoms with Crippen molar-refractivity contribution in [1.82, 2.24) is 0 Å². The molecule has 3 nitrogen and oxygen atoms in total. The highest BCUT2D eigenvalue weighted by atomic mass is 16.7. The summed E-state index contributed by atoms with van der Waals surface area (Å²) in [7, 11) is 0. The molecule has 0 saturated carbocycles. The summed E-state index contributed by atoms with van der Waals surface area (Å²) in [5, 5.41) is 10.1. The number of aliphatic hydroxyl groups excluding tert-OH is 1. The van der Waals surface area contributed by atoms with Gasteiger partial charge in [0, 0.05) is 6.42 Å². The standard InChI is InChI=1S/C14H20O3/c1-11-4-2-5-12(10-11)13(15)6-7-14-16-8-3-9-17-14/h2,4-5,10,13-15H,3,6-9H2,1H3/t13-/m1/s1. The van der Waals surface area contributed by atoms with E-state index in [4.69, 9.17) is 9.47 Å². The molecule has 2 rings (SSSR count). The second-order valence-electron chi connectivity index (χ2n) is 4.53. The Morgan fingerprint density at radius 1 is 1.35 bits per heavy atom. The average molecular weight is 236 g/mol. The van der Waals surface area contributed by atoms with E-state index in [2.05, 4.69) is 0 Å². The number of ether oxygens (including phenoxy) is 2. The van der Waals surface area contributed by atoms with Gasteiger partial charge in [0.25, 0.3) is 0 Å². The summed E-state index contributed by atoms with van der Waals surface area (Å²) in [5.74, 6) is 0. The second kappa shape index (κ2) is 6.15. The van der Waals surface area contributed by atoms with Crippen molar-refractivity contribution in [3.8, 4) is 0 Å². The Morgan fingerprint density at radius 3 is 2.82 bits per heavy atom. The zero-order valence-electron chi connectivity index (χ0n) is 10.3. The van der Waals surface area contributed by atoms with Crippen LogP contribution in [0.1, 0.15) is 36.5 Å². The molecule has 0 aliphatic carbocycles. The Balaban J connectivity index is 1.82. The molecule has 1 aliphatic rings. The van der Waals surface area contributed by atoms with Gasteiger partial charge in [-0.2, -0.15) is 0 Å². The van der Waals surface area contributed by atoms with E-state index in [-0.39, 0.29) is 6.29 Å². The normalized spacial score (nSPS) is 19.2. The molecular weight excluding hydrogens is 216 g/mol. The first kappa shape index (κ1) is 12.6. The zero-order chi connectivity index (χ0) is 12.1. The summed E-state index contributed by atoms with van der Waals surface area (Å²) >= 11 is 0. The molecule has 1 saturated heterocycles. The quantitative estimate of drug-likeness (QED) is 0.873. The van der Waals surface area contributed by atoms with Crippen LogP contribution in [0.2, 0.25) is 0 Å². The Morgan fingerprint density at radius 2 is 2.12 bits per heavy atom. The minimum atomic E-state index is -0.427. The van der Waals surface area contributed by atoms with E-state index in [9.17, 15) is 5.11 Å². The van der Waals surface area contributed by atoms with Crippen molar-refractivity contribution in [2.24, 2.45) is 0 Å². The van der Waals surface area contributed by atoms with Crippen LogP contribution < -0.4 is 0 Å². The molecule has 0 amide bonds. The topological polar surface area (TPSA) is 38.7 Å². The third kappa shape index (κ3) is 3.80. The first-order chi connectivity index (χ1) is 8.25. The Labute approximate surface area is 102 Å². The highest BCUT2D eigenvalue weighted by Crippen LogP contribution is 2.22. The summed E-state index contributed by atoms with van der Waals surface area (Å²) in [4.78, 5) is 0. The first-order valence-electron chi connectivity index (χ1n) is 6.23. The van der Waals surface area contributed by atoms with Crippen LogP contribution in [0.15, 0.2) is 24.3 Å². The predicted molar refractivity (Wildman–Crippen MR) is 65.7 cm³/mol. The van der Waals surface area contributed by atoms with Crippen LogP contribution in [0.5, 0.6) is 0 Å². The van der Waals surface area contributed by atoms with Crippen molar-refractivity contribution in [1.29, 1.82) is 0 Å². The SMILES string of the molecule is Cc1cccc([C@H](O)CCC2OCCCO2)c1. The van der Waals surface area contributed by atoms with E-state index in [1.807, 2.05) is 31.2 Å². The van der Waals surface area contributed by atoms with Crippen LogP contribution in [-0.2, 0) is 9.47 Å². The first-order valence-corrected chi connectivity index (χ1v) is 6.23. The minimum absolute atomic E-state index is 0.136. The lowest BCUT2D eigenvalue weighted by Gasteiger charge is -2.24. The number of aryl methyl sites for hydroxylation is 1. The van der Waals surface area contributed by atoms with Crippen molar-refractivity contribution < 1.29 is 14.6 Å². The predicted octanol–water partition coefficient (Wildman–Crippen LogP) is 2.57. The Kier molecular flexibility index (Phi) is 4.54. The molecule has 1 N–H and O–H groups in total. The molecule has 0 radical (unpaired) electrons. The average Bonchev–Trinajstić information content (AvgIpc) is 2.37. The molecule has 1 aromatic carbocycles. The van der Waals surface area contributed by atoms with Gasteiger partial charge in [-0.05, 0) is 25.3 Å². The van der Waals surface area contributed by atoms with Crippen molar-refractivity contribution >= 4 is 0 Å². The van der Waals surface area contributed by atoms with Gasteiger partial charge in [0.05, 0.1) is 19.3 Å². The van der Waals surface area contributed by atoms with Crippen LogP contribution in [0.3, 0.4) is 0 Å². The van der Waals surface area contributed by atoms with Gasteiger partial charge in [0.1, 0.15) is 0 Å². The van der Waals surface area contributed by atoms with Crippen LogP contribution in [0.25, 0.3) is 0 Å². The number of hydrogen-bond donors (Lipinski definition) is 1. The number of rotatable bonds is 4. The van der Waals surface area contributed by atoms with Gasteiger partial charge < -0.3 is 14.6 Å². The van der Waals surface area contributed by atoms with Crippen LogP contribution in [0.4, 0.5) is 0 Å². The van der Waals surface area contributed by atoms with E-state index in [0.717, 1.165) is 31.6 Å². The molecule has 1 aliphatic heterocycles. The van der Waals surface area contributed by atoms with Gasteiger partial charge in [0.15, 0.2) is 6.29 Å². The largest absolute Gasteiger partial charge is 0.388 e. The summed E-state index contributed by atoms with van der Waals surface area (Å²) in [6.07, 6.45) is 1.83. The third-order valence-electron chi connectivity index (χ3n) is 3.00. The third-order valence-corrected chi connectivity index (χ3v) is 3.00. The maximum atomic E-state index is 10.1. The highest BCUT2D eigenvalue weighted by Gasteiger charge is 2.16. The smallest absolute Gasteiger partial charge is 0.157 e. The lowest BCUT2D eigenvalue weighted by Crippen LogP contribution is -2.25. The Hall–Kier alpha value is -0.900. The van der Waals surface area contributed by atoms with Crippen molar-refractivity contribution in [3.63, 3.8) is 0 Å². The monoisotopic (exact) mass is 236 g/mol. The van der Waals surface area contributed by atoms with E-state index in [1.165, 1.54) is 5.56 Å². The molecule has 1 aromatic rings. The van der Waals surface area contributed by atoms with Gasteiger partial charge in [-0.25, -0.2) is 0 Å². The van der Waals surface area contributed by atoms with Crippen molar-refractivity contribution in [2.45, 2.75) is 38.6 Å². The summed E-state index contributed by atoms with van der Waals surface area (Å²) in [6.45, 7) is 3.57. The molecule has 0 bridgehead atoms. The number of hydrogen-bond acceptors (Lipinski definition) is 3. The van der Waals surface area contributed by atoms with E-state index >= 15 is 0 Å². The molecule has 0 unspecified atom stereocenters. The number of aliphatic hydroxyl groups is 1. The van der Waals surface area contributed by atoms with Crippen LogP contribution >= 0.6 is 0 Å². The fourth-order valence-electron chi connectivity index (χ4n) is 2.04.